The van der Waals surface area contributed by atoms with Crippen molar-refractivity contribution < 1.29 is 9.59 Å². The molecule has 2 N–H and O–H groups in total. The molecule has 1 fully saturated rings. The lowest BCUT2D eigenvalue weighted by atomic mass is 9.95. The summed E-state index contributed by atoms with van der Waals surface area (Å²) in [6.07, 6.45) is 1.64. The molecule has 1 saturated heterocycles. The van der Waals surface area contributed by atoms with Crippen LogP contribution in [0.15, 0.2) is 42.6 Å². The molecule has 2 aromatic rings. The summed E-state index contributed by atoms with van der Waals surface area (Å²) in [7, 11) is 0. The van der Waals surface area contributed by atoms with Crippen molar-refractivity contribution in [2.45, 2.75) is 34.2 Å². The van der Waals surface area contributed by atoms with E-state index in [9.17, 15) is 9.59 Å². The van der Waals surface area contributed by atoms with E-state index in [2.05, 4.69) is 20.5 Å². The van der Waals surface area contributed by atoms with Crippen LogP contribution in [0.2, 0.25) is 0 Å². The average Bonchev–Trinajstić information content (AvgIpc) is 2.77. The molecular formula is C24H33N5O2. The molecule has 0 atom stereocenters. The number of anilines is 2. The van der Waals surface area contributed by atoms with Gasteiger partial charge in [0.2, 0.25) is 5.91 Å². The number of nitrogens with zero attached hydrogens (tertiary/aromatic N) is 3. The van der Waals surface area contributed by atoms with Crippen LogP contribution in [-0.2, 0) is 11.3 Å². The van der Waals surface area contributed by atoms with Crippen LogP contribution in [0.3, 0.4) is 0 Å². The number of hydrogen-bond acceptors (Lipinski definition) is 5. The minimum atomic E-state index is -0.538. The Labute approximate surface area is 184 Å². The van der Waals surface area contributed by atoms with E-state index in [1.165, 1.54) is 0 Å². The van der Waals surface area contributed by atoms with E-state index in [1.54, 1.807) is 12.3 Å². The second-order valence-electron chi connectivity index (χ2n) is 8.84. The minimum Gasteiger partial charge on any atom is -0.353 e. The summed E-state index contributed by atoms with van der Waals surface area (Å²) in [5.74, 6) is 0.477. The van der Waals surface area contributed by atoms with Crippen LogP contribution in [0.25, 0.3) is 0 Å². The van der Waals surface area contributed by atoms with Crippen molar-refractivity contribution in [3.63, 3.8) is 0 Å². The number of piperazine rings is 1. The summed E-state index contributed by atoms with van der Waals surface area (Å²) in [4.78, 5) is 34.7. The van der Waals surface area contributed by atoms with Gasteiger partial charge in [-0.05, 0) is 18.6 Å². The monoisotopic (exact) mass is 423 g/mol. The Hall–Kier alpha value is -2.93. The van der Waals surface area contributed by atoms with Crippen molar-refractivity contribution in [1.82, 2.24) is 15.2 Å². The maximum atomic E-state index is 13.6. The van der Waals surface area contributed by atoms with Crippen molar-refractivity contribution in [2.24, 2.45) is 5.41 Å². The van der Waals surface area contributed by atoms with Crippen molar-refractivity contribution in [3.05, 3.63) is 53.7 Å². The van der Waals surface area contributed by atoms with Crippen LogP contribution >= 0.6 is 0 Å². The van der Waals surface area contributed by atoms with Gasteiger partial charge in [-0.3, -0.25) is 9.59 Å². The Morgan fingerprint density at radius 2 is 1.84 bits per heavy atom. The van der Waals surface area contributed by atoms with E-state index in [0.717, 1.165) is 31.7 Å². The number of pyridine rings is 1. The molecule has 0 spiro atoms. The number of amides is 2. The maximum Gasteiger partial charge on any atom is 0.257 e. The van der Waals surface area contributed by atoms with Crippen molar-refractivity contribution in [3.8, 4) is 0 Å². The van der Waals surface area contributed by atoms with Crippen LogP contribution in [0.4, 0.5) is 11.5 Å². The van der Waals surface area contributed by atoms with Gasteiger partial charge in [0.25, 0.3) is 5.91 Å². The van der Waals surface area contributed by atoms with E-state index >= 15 is 0 Å². The number of rotatable bonds is 6. The van der Waals surface area contributed by atoms with Gasteiger partial charge >= 0.3 is 0 Å². The van der Waals surface area contributed by atoms with E-state index in [4.69, 9.17) is 0 Å². The second-order valence-corrected chi connectivity index (χ2v) is 8.84. The topological polar surface area (TPSA) is 77.6 Å². The highest BCUT2D eigenvalue weighted by molar-refractivity contribution is 6.01. The fourth-order valence-corrected chi connectivity index (χ4v) is 3.43. The summed E-state index contributed by atoms with van der Waals surface area (Å²) >= 11 is 0. The van der Waals surface area contributed by atoms with Gasteiger partial charge in [-0.1, -0.05) is 51.1 Å². The molecule has 1 aromatic heterocycles. The van der Waals surface area contributed by atoms with Crippen molar-refractivity contribution in [2.75, 3.05) is 42.9 Å². The molecule has 0 radical (unpaired) electrons. The van der Waals surface area contributed by atoms with Gasteiger partial charge in [0.05, 0.1) is 17.4 Å². The molecule has 0 unspecified atom stereocenters. The second kappa shape index (κ2) is 9.92. The summed E-state index contributed by atoms with van der Waals surface area (Å²) in [5, 5.41) is 6.24. The molecule has 31 heavy (non-hydrogen) atoms. The van der Waals surface area contributed by atoms with E-state index in [-0.39, 0.29) is 11.8 Å². The molecule has 1 aliphatic heterocycles. The Balaban J connectivity index is 1.93. The van der Waals surface area contributed by atoms with Gasteiger partial charge in [0, 0.05) is 44.7 Å². The Morgan fingerprint density at radius 3 is 2.45 bits per heavy atom. The van der Waals surface area contributed by atoms with Gasteiger partial charge in [-0.2, -0.15) is 0 Å². The lowest BCUT2D eigenvalue weighted by Crippen LogP contribution is -2.45. The summed E-state index contributed by atoms with van der Waals surface area (Å²) in [6, 6.07) is 11.7. The van der Waals surface area contributed by atoms with Crippen molar-refractivity contribution in [1.29, 1.82) is 0 Å². The lowest BCUT2D eigenvalue weighted by molar-refractivity contribution is -0.123. The normalized spacial score (nSPS) is 14.3. The number of carbonyl (C=O) groups excluding carboxylic acids is 2. The zero-order valence-corrected chi connectivity index (χ0v) is 18.9. The van der Waals surface area contributed by atoms with Crippen LogP contribution in [0.1, 0.15) is 43.6 Å². The van der Waals surface area contributed by atoms with Gasteiger partial charge in [-0.15, -0.1) is 0 Å². The first-order valence-corrected chi connectivity index (χ1v) is 10.9. The molecule has 3 rings (SSSR count). The number of carbonyl (C=O) groups is 2. The first-order valence-electron chi connectivity index (χ1n) is 10.9. The molecule has 0 aliphatic carbocycles. The first-order chi connectivity index (χ1) is 14.8. The molecule has 166 valence electrons. The number of benzene rings is 1. The molecular weight excluding hydrogens is 390 g/mol. The number of hydrogen-bond donors (Lipinski definition) is 2. The quantitative estimate of drug-likeness (QED) is 0.746. The average molecular weight is 424 g/mol. The molecule has 1 aromatic carbocycles. The van der Waals surface area contributed by atoms with Crippen molar-refractivity contribution >= 4 is 23.3 Å². The van der Waals surface area contributed by atoms with E-state index in [1.807, 2.05) is 62.9 Å². The summed E-state index contributed by atoms with van der Waals surface area (Å²) in [6.45, 7) is 11.9. The third kappa shape index (κ3) is 5.82. The van der Waals surface area contributed by atoms with Crippen LogP contribution in [0, 0.1) is 5.41 Å². The zero-order valence-electron chi connectivity index (χ0n) is 18.9. The largest absolute Gasteiger partial charge is 0.353 e. The maximum absolute atomic E-state index is 13.6. The Kier molecular flexibility index (Phi) is 7.28. The molecule has 0 bridgehead atoms. The number of nitrogens with one attached hydrogen (secondary N) is 2. The van der Waals surface area contributed by atoms with Crippen LogP contribution in [0.5, 0.6) is 0 Å². The third-order valence-corrected chi connectivity index (χ3v) is 5.34. The molecule has 1 aliphatic rings. The van der Waals surface area contributed by atoms with Crippen LogP contribution < -0.4 is 15.5 Å². The third-order valence-electron chi connectivity index (χ3n) is 5.34. The molecule has 0 saturated carbocycles. The smallest absolute Gasteiger partial charge is 0.257 e. The fraction of sp³-hybridized carbons (Fsp3) is 0.458. The van der Waals surface area contributed by atoms with E-state index in [0.29, 0.717) is 30.2 Å². The van der Waals surface area contributed by atoms with Gasteiger partial charge in [0.15, 0.2) is 0 Å². The SMILES string of the molecule is CCN(Cc1ccccc1)C(=O)c1cc(NC(=O)C(C)(C)C)cnc1N1CCNCC1. The summed E-state index contributed by atoms with van der Waals surface area (Å²) < 4.78 is 0. The highest BCUT2D eigenvalue weighted by atomic mass is 16.2. The van der Waals surface area contributed by atoms with Gasteiger partial charge < -0.3 is 20.4 Å². The molecule has 2 heterocycles. The number of aromatic nitrogens is 1. The van der Waals surface area contributed by atoms with E-state index < -0.39 is 5.41 Å². The molecule has 2 amide bonds. The predicted molar refractivity (Wildman–Crippen MR) is 124 cm³/mol. The predicted octanol–water partition coefficient (Wildman–Crippen LogP) is 3.14. The Morgan fingerprint density at radius 1 is 1.16 bits per heavy atom. The van der Waals surface area contributed by atoms with Gasteiger partial charge in [0.1, 0.15) is 5.82 Å². The minimum absolute atomic E-state index is 0.0840. The Bertz CT molecular complexity index is 902. The highest BCUT2D eigenvalue weighted by Gasteiger charge is 2.26. The zero-order chi connectivity index (χ0) is 22.4. The standard InChI is InChI=1S/C24H33N5O2/c1-5-28(17-18-9-7-6-8-10-18)22(30)20-15-19(27-23(31)24(2,3)4)16-26-21(20)29-13-11-25-12-14-29/h6-10,15-16,25H,5,11-14,17H2,1-4H3,(H,27,31). The fourth-order valence-electron chi connectivity index (χ4n) is 3.43. The van der Waals surface area contributed by atoms with Crippen LogP contribution in [-0.4, -0.2) is 54.4 Å². The first kappa shape index (κ1) is 22.7. The highest BCUT2D eigenvalue weighted by Crippen LogP contribution is 2.25. The molecule has 7 heteroatoms. The van der Waals surface area contributed by atoms with Gasteiger partial charge in [-0.25, -0.2) is 4.98 Å². The molecule has 7 nitrogen and oxygen atoms in total. The lowest BCUT2D eigenvalue weighted by Gasteiger charge is -2.31. The summed E-state index contributed by atoms with van der Waals surface area (Å²) in [5.41, 5.74) is 1.60.